The fourth-order valence-electron chi connectivity index (χ4n) is 3.35. The summed E-state index contributed by atoms with van der Waals surface area (Å²) < 4.78 is 13.2. The fourth-order valence-corrected chi connectivity index (χ4v) is 3.54. The summed E-state index contributed by atoms with van der Waals surface area (Å²) in [6.45, 7) is 6.10. The molecule has 0 saturated heterocycles. The lowest BCUT2D eigenvalue weighted by molar-refractivity contribution is 0.561. The fraction of sp³-hybridized carbons (Fsp3) is 0.500. The molecule has 1 aliphatic carbocycles. The number of halogens is 1. The highest BCUT2D eigenvalue weighted by Crippen LogP contribution is 2.41. The largest absolute Gasteiger partial charge is 0.337 e. The zero-order chi connectivity index (χ0) is 16.1. The molecule has 0 amide bonds. The van der Waals surface area contributed by atoms with Gasteiger partial charge in [0.05, 0.1) is 0 Å². The van der Waals surface area contributed by atoms with Crippen molar-refractivity contribution in [3.63, 3.8) is 0 Å². The Bertz CT molecular complexity index is 646. The molecule has 1 atom stereocenters. The van der Waals surface area contributed by atoms with Gasteiger partial charge in [0.1, 0.15) is 6.67 Å². The van der Waals surface area contributed by atoms with Gasteiger partial charge in [0, 0.05) is 11.9 Å². The van der Waals surface area contributed by atoms with Crippen molar-refractivity contribution < 1.29 is 4.39 Å². The standard InChI is InChI=1S/C18H25FN2S/c1-4-13(6-5-9-19)17-14(7-8-16(17)12(2)3)10-15-11-20-18(22)21-15/h4-6,11-12,14H,7-10H2,1-3H3,(H2,20,21,22)/b6-5-,13-4+. The number of imidazole rings is 1. The molecule has 1 heterocycles. The lowest BCUT2D eigenvalue weighted by Gasteiger charge is -2.18. The number of H-pyrrole nitrogens is 2. The van der Waals surface area contributed by atoms with E-state index in [-0.39, 0.29) is 0 Å². The van der Waals surface area contributed by atoms with Gasteiger partial charge in [0.15, 0.2) is 4.77 Å². The van der Waals surface area contributed by atoms with Crippen LogP contribution >= 0.6 is 12.2 Å². The van der Waals surface area contributed by atoms with Gasteiger partial charge in [0.2, 0.25) is 0 Å². The number of rotatable bonds is 6. The molecule has 1 unspecified atom stereocenters. The first-order valence-corrected chi connectivity index (χ1v) is 8.36. The van der Waals surface area contributed by atoms with Crippen molar-refractivity contribution in [1.82, 2.24) is 9.97 Å². The molecule has 0 radical (unpaired) electrons. The van der Waals surface area contributed by atoms with Crippen LogP contribution in [0.1, 0.15) is 39.3 Å². The average Bonchev–Trinajstić information content (AvgIpc) is 3.07. The van der Waals surface area contributed by atoms with Crippen molar-refractivity contribution >= 4 is 12.2 Å². The summed E-state index contributed by atoms with van der Waals surface area (Å²) in [5.74, 6) is 0.993. The van der Waals surface area contributed by atoms with Crippen molar-refractivity contribution in [3.05, 3.63) is 51.6 Å². The minimum atomic E-state index is -0.419. The minimum Gasteiger partial charge on any atom is -0.337 e. The van der Waals surface area contributed by atoms with Crippen LogP contribution in [-0.2, 0) is 6.42 Å². The lowest BCUT2D eigenvalue weighted by atomic mass is 9.87. The molecule has 0 aromatic carbocycles. The smallest absolute Gasteiger partial charge is 0.174 e. The maximum Gasteiger partial charge on any atom is 0.174 e. The van der Waals surface area contributed by atoms with Gasteiger partial charge < -0.3 is 9.97 Å². The number of nitrogens with one attached hydrogen (secondary N) is 2. The Morgan fingerprint density at radius 2 is 2.27 bits per heavy atom. The molecular weight excluding hydrogens is 295 g/mol. The van der Waals surface area contributed by atoms with E-state index in [9.17, 15) is 4.39 Å². The predicted molar refractivity (Wildman–Crippen MR) is 93.1 cm³/mol. The van der Waals surface area contributed by atoms with Gasteiger partial charge in [-0.25, -0.2) is 4.39 Å². The maximum atomic E-state index is 12.5. The van der Waals surface area contributed by atoms with E-state index in [0.717, 1.165) is 30.5 Å². The number of hydrogen-bond acceptors (Lipinski definition) is 1. The van der Waals surface area contributed by atoms with Gasteiger partial charge in [-0.3, -0.25) is 0 Å². The third-order valence-corrected chi connectivity index (χ3v) is 4.56. The summed E-state index contributed by atoms with van der Waals surface area (Å²) in [4.78, 5) is 6.24. The summed E-state index contributed by atoms with van der Waals surface area (Å²) in [5.41, 5.74) is 5.22. The van der Waals surface area contributed by atoms with E-state index in [0.29, 0.717) is 16.6 Å². The Morgan fingerprint density at radius 3 is 2.82 bits per heavy atom. The first-order valence-electron chi connectivity index (χ1n) is 7.95. The molecule has 0 aliphatic heterocycles. The topological polar surface area (TPSA) is 31.6 Å². The van der Waals surface area contributed by atoms with E-state index in [1.165, 1.54) is 11.1 Å². The Labute approximate surface area is 137 Å². The van der Waals surface area contributed by atoms with Crippen LogP contribution in [0.4, 0.5) is 4.39 Å². The van der Waals surface area contributed by atoms with Crippen LogP contribution in [0.15, 0.2) is 41.1 Å². The number of hydrogen-bond donors (Lipinski definition) is 2. The van der Waals surface area contributed by atoms with Crippen molar-refractivity contribution in [2.75, 3.05) is 6.67 Å². The molecule has 0 spiro atoms. The molecule has 4 heteroatoms. The highest BCUT2D eigenvalue weighted by molar-refractivity contribution is 7.71. The molecular formula is C18H25FN2S. The summed E-state index contributed by atoms with van der Waals surface area (Å²) >= 11 is 5.11. The lowest BCUT2D eigenvalue weighted by Crippen LogP contribution is -2.07. The molecule has 1 aliphatic rings. The van der Waals surface area contributed by atoms with Gasteiger partial charge in [-0.15, -0.1) is 0 Å². The summed E-state index contributed by atoms with van der Waals surface area (Å²) in [5, 5.41) is 0. The van der Waals surface area contributed by atoms with Crippen LogP contribution in [0.5, 0.6) is 0 Å². The van der Waals surface area contributed by atoms with Crippen LogP contribution in [0, 0.1) is 16.6 Å². The molecule has 22 heavy (non-hydrogen) atoms. The van der Waals surface area contributed by atoms with Crippen molar-refractivity contribution in [2.24, 2.45) is 11.8 Å². The predicted octanol–water partition coefficient (Wildman–Crippen LogP) is 5.45. The van der Waals surface area contributed by atoms with Crippen LogP contribution in [0.25, 0.3) is 0 Å². The highest BCUT2D eigenvalue weighted by Gasteiger charge is 2.28. The van der Waals surface area contributed by atoms with E-state index >= 15 is 0 Å². The second kappa shape index (κ2) is 7.73. The van der Waals surface area contributed by atoms with Gasteiger partial charge in [-0.2, -0.15) is 0 Å². The summed E-state index contributed by atoms with van der Waals surface area (Å²) in [6.07, 6.45) is 10.8. The molecule has 2 rings (SSSR count). The summed E-state index contributed by atoms with van der Waals surface area (Å²) in [7, 11) is 0. The zero-order valence-electron chi connectivity index (χ0n) is 13.6. The van der Waals surface area contributed by atoms with Crippen molar-refractivity contribution in [1.29, 1.82) is 0 Å². The Balaban J connectivity index is 2.33. The molecule has 1 aromatic heterocycles. The third kappa shape index (κ3) is 3.86. The van der Waals surface area contributed by atoms with Crippen molar-refractivity contribution in [2.45, 2.75) is 40.0 Å². The average molecular weight is 320 g/mol. The normalized spacial score (nSPS) is 19.9. The second-order valence-corrected chi connectivity index (χ2v) is 6.51. The second-order valence-electron chi connectivity index (χ2n) is 6.10. The Morgan fingerprint density at radius 1 is 1.50 bits per heavy atom. The quantitative estimate of drug-likeness (QED) is 0.530. The zero-order valence-corrected chi connectivity index (χ0v) is 14.4. The van der Waals surface area contributed by atoms with E-state index in [1.54, 1.807) is 6.08 Å². The molecule has 2 N–H and O–H groups in total. The van der Waals surface area contributed by atoms with Crippen LogP contribution in [0.3, 0.4) is 0 Å². The van der Waals surface area contributed by atoms with Crippen molar-refractivity contribution in [3.8, 4) is 0 Å². The molecule has 0 fully saturated rings. The first-order chi connectivity index (χ1) is 10.6. The van der Waals surface area contributed by atoms with E-state index < -0.39 is 6.67 Å². The monoisotopic (exact) mass is 320 g/mol. The number of alkyl halides is 1. The molecule has 0 saturated carbocycles. The Kier molecular flexibility index (Phi) is 5.95. The number of aromatic nitrogens is 2. The number of allylic oxidation sites excluding steroid dienone is 6. The maximum absolute atomic E-state index is 12.5. The van der Waals surface area contributed by atoms with E-state index in [1.807, 2.05) is 19.2 Å². The minimum absolute atomic E-state index is 0.419. The van der Waals surface area contributed by atoms with Gasteiger partial charge >= 0.3 is 0 Å². The third-order valence-electron chi connectivity index (χ3n) is 4.34. The van der Waals surface area contributed by atoms with Crippen LogP contribution in [-0.4, -0.2) is 16.6 Å². The molecule has 1 aromatic rings. The molecule has 2 nitrogen and oxygen atoms in total. The van der Waals surface area contributed by atoms with E-state index in [2.05, 4.69) is 29.9 Å². The SMILES string of the molecule is C/C=C(\C=C/CF)C1=C(C(C)C)CCC1Cc1c[nH]c(=S)[nH]1. The van der Waals surface area contributed by atoms with Gasteiger partial charge in [0.25, 0.3) is 0 Å². The number of aromatic amines is 2. The van der Waals surface area contributed by atoms with E-state index in [4.69, 9.17) is 12.2 Å². The van der Waals surface area contributed by atoms with Crippen LogP contribution in [0.2, 0.25) is 0 Å². The van der Waals surface area contributed by atoms with Gasteiger partial charge in [-0.1, -0.05) is 37.6 Å². The Hall–Kier alpha value is -1.42. The summed E-state index contributed by atoms with van der Waals surface area (Å²) in [6, 6.07) is 0. The van der Waals surface area contributed by atoms with Gasteiger partial charge in [-0.05, 0) is 61.4 Å². The molecule has 120 valence electrons. The van der Waals surface area contributed by atoms with Crippen LogP contribution < -0.4 is 0 Å². The highest BCUT2D eigenvalue weighted by atomic mass is 32.1. The molecule has 0 bridgehead atoms. The first kappa shape index (κ1) is 16.9.